The van der Waals surface area contributed by atoms with Gasteiger partial charge in [-0.1, -0.05) is 0 Å². The highest BCUT2D eigenvalue weighted by Crippen LogP contribution is 2.04. The van der Waals surface area contributed by atoms with E-state index in [1.54, 1.807) is 0 Å². The minimum absolute atomic E-state index is 1.75. The summed E-state index contributed by atoms with van der Waals surface area (Å²) >= 11 is 0. The third-order valence-corrected chi connectivity index (χ3v) is 0.190. The van der Waals surface area contributed by atoms with E-state index in [0.717, 1.165) is 0 Å². The molecule has 0 bridgehead atoms. The number of hydrogen-bond donors (Lipinski definition) is 0. The van der Waals surface area contributed by atoms with Crippen molar-refractivity contribution in [2.45, 2.75) is 12.9 Å². The van der Waals surface area contributed by atoms with Crippen LogP contribution in [-0.2, 0) is 0 Å². The van der Waals surface area contributed by atoms with Crippen LogP contribution < -0.4 is 0 Å². The van der Waals surface area contributed by atoms with E-state index in [2.05, 4.69) is 0 Å². The van der Waals surface area contributed by atoms with Crippen molar-refractivity contribution in [2.24, 2.45) is 0 Å². The highest BCUT2D eigenvalue weighted by atomic mass is 19.3. The first kappa shape index (κ1) is 11.4. The molecule has 9 heavy (non-hydrogen) atoms. The Labute approximate surface area is 47.5 Å². The van der Waals surface area contributed by atoms with Crippen LogP contribution in [0.2, 0.25) is 0 Å². The van der Waals surface area contributed by atoms with Crippen molar-refractivity contribution in [3.8, 4) is 0 Å². The minimum Gasteiger partial charge on any atom is -0.214 e. The van der Waals surface area contributed by atoms with Gasteiger partial charge in [0, 0.05) is 0 Å². The Balaban J connectivity index is 0. The van der Waals surface area contributed by atoms with Gasteiger partial charge in [-0.15, -0.1) is 0 Å². The lowest BCUT2D eigenvalue weighted by atomic mass is 10.8. The molecule has 0 fully saturated rings. The normalized spacial score (nSPS) is 9.33. The van der Waals surface area contributed by atoms with Crippen molar-refractivity contribution in [3.63, 3.8) is 0 Å². The van der Waals surface area contributed by atoms with Crippen molar-refractivity contribution in [2.75, 3.05) is 6.93 Å². The van der Waals surface area contributed by atoms with Crippen LogP contribution in [0.15, 0.2) is 0 Å². The zero-order valence-corrected chi connectivity index (χ0v) is 4.13. The van der Waals surface area contributed by atoms with E-state index in [1.165, 1.54) is 0 Å². The first-order valence-electron chi connectivity index (χ1n) is 1.74. The van der Waals surface area contributed by atoms with Gasteiger partial charge in [-0.25, -0.2) is 26.3 Å². The second-order valence-corrected chi connectivity index (χ2v) is 0.770. The molecule has 0 atom stereocenters. The van der Waals surface area contributed by atoms with Gasteiger partial charge in [-0.2, -0.15) is 0 Å². The van der Waals surface area contributed by atoms with Crippen LogP contribution in [0.3, 0.4) is 0 Å². The predicted molar refractivity (Wildman–Crippen MR) is 19.1 cm³/mol. The first-order valence-corrected chi connectivity index (χ1v) is 1.74. The summed E-state index contributed by atoms with van der Waals surface area (Å²) in [6.07, 6.45) is -6.96. The minimum atomic E-state index is -3.48. The Kier molecular flexibility index (Phi) is 9.59. The van der Waals surface area contributed by atoms with Crippen molar-refractivity contribution >= 4 is 0 Å². The summed E-state index contributed by atoms with van der Waals surface area (Å²) in [5.41, 5.74) is 0. The Morgan fingerprint density at radius 3 is 0.889 bits per heavy atom. The lowest BCUT2D eigenvalue weighted by Crippen LogP contribution is -2.02. The quantitative estimate of drug-likeness (QED) is 0.508. The maximum absolute atomic E-state index is 10.4. The summed E-state index contributed by atoms with van der Waals surface area (Å²) in [6.45, 7) is -1.75. The fourth-order valence-corrected chi connectivity index (χ4v) is 0. The van der Waals surface area contributed by atoms with Crippen LogP contribution in [0.1, 0.15) is 0 Å². The molecule has 0 aromatic heterocycles. The van der Waals surface area contributed by atoms with Crippen LogP contribution in [0.4, 0.5) is 26.3 Å². The second kappa shape index (κ2) is 7.58. The third-order valence-electron chi connectivity index (χ3n) is 0.190. The molecule has 0 aromatic carbocycles. The van der Waals surface area contributed by atoms with Crippen LogP contribution in [-0.4, -0.2) is 19.8 Å². The summed E-state index contributed by atoms with van der Waals surface area (Å²) in [6, 6.07) is 0. The van der Waals surface area contributed by atoms with E-state index in [4.69, 9.17) is 0 Å². The van der Waals surface area contributed by atoms with E-state index >= 15 is 0 Å². The van der Waals surface area contributed by atoms with Crippen molar-refractivity contribution in [1.29, 1.82) is 0 Å². The maximum atomic E-state index is 10.4. The van der Waals surface area contributed by atoms with E-state index < -0.39 is 19.8 Å². The fraction of sp³-hybridized carbons (Fsp3) is 1.00. The molecule has 6 heteroatoms. The third kappa shape index (κ3) is 18.4. The molecule has 0 aliphatic rings. The van der Waals surface area contributed by atoms with Gasteiger partial charge in [0.15, 0.2) is 0 Å². The molecule has 0 amide bonds. The van der Waals surface area contributed by atoms with Crippen molar-refractivity contribution < 1.29 is 26.3 Å². The monoisotopic (exact) mass is 154 g/mol. The Morgan fingerprint density at radius 2 is 0.889 bits per heavy atom. The molecule has 0 N–H and O–H groups in total. The van der Waals surface area contributed by atoms with Crippen LogP contribution in [0.25, 0.3) is 0 Å². The average molecular weight is 154 g/mol. The van der Waals surface area contributed by atoms with Crippen LogP contribution in [0, 0.1) is 0 Å². The van der Waals surface area contributed by atoms with Gasteiger partial charge in [0.1, 0.15) is 0 Å². The molecule has 0 saturated carbocycles. The van der Waals surface area contributed by atoms with E-state index in [0.29, 0.717) is 0 Å². The van der Waals surface area contributed by atoms with Gasteiger partial charge in [-0.05, 0) is 0 Å². The van der Waals surface area contributed by atoms with E-state index in [1.807, 2.05) is 0 Å². The molecule has 0 aliphatic heterocycles. The van der Waals surface area contributed by atoms with Gasteiger partial charge in [0.2, 0.25) is 6.93 Å². The van der Waals surface area contributed by atoms with Gasteiger partial charge in [-0.3, -0.25) is 0 Å². The van der Waals surface area contributed by atoms with E-state index in [-0.39, 0.29) is 0 Å². The van der Waals surface area contributed by atoms with E-state index in [9.17, 15) is 26.3 Å². The summed E-state index contributed by atoms with van der Waals surface area (Å²) in [7, 11) is 0. The number of halogens is 6. The molecule has 0 spiro atoms. The molecule has 0 aromatic rings. The Hall–Kier alpha value is -0.420. The zero-order chi connectivity index (χ0) is 7.86. The SMILES string of the molecule is FC(F)C(F)F.FCF. The number of rotatable bonds is 1. The van der Waals surface area contributed by atoms with Gasteiger partial charge < -0.3 is 0 Å². The van der Waals surface area contributed by atoms with Gasteiger partial charge >= 0.3 is 0 Å². The number of alkyl halides is 6. The van der Waals surface area contributed by atoms with Crippen molar-refractivity contribution in [1.82, 2.24) is 0 Å². The Morgan fingerprint density at radius 1 is 0.778 bits per heavy atom. The molecular formula is C3H4F6. The van der Waals surface area contributed by atoms with Crippen molar-refractivity contribution in [3.05, 3.63) is 0 Å². The molecule has 0 rings (SSSR count). The van der Waals surface area contributed by atoms with Crippen LogP contribution >= 0.6 is 0 Å². The molecule has 0 saturated heterocycles. The average Bonchev–Trinajstić information content (AvgIpc) is 1.68. The number of hydrogen-bond acceptors (Lipinski definition) is 0. The second-order valence-electron chi connectivity index (χ2n) is 0.770. The lowest BCUT2D eigenvalue weighted by Gasteiger charge is -1.89. The highest BCUT2D eigenvalue weighted by Gasteiger charge is 2.15. The molecule has 0 aliphatic carbocycles. The summed E-state index contributed by atoms with van der Waals surface area (Å²) < 4.78 is 60.9. The summed E-state index contributed by atoms with van der Waals surface area (Å²) in [5, 5.41) is 0. The molecule has 58 valence electrons. The largest absolute Gasteiger partial charge is 0.298 e. The molecule has 0 heterocycles. The molecule has 0 nitrogen and oxygen atoms in total. The lowest BCUT2D eigenvalue weighted by molar-refractivity contribution is -0.0278. The highest BCUT2D eigenvalue weighted by molar-refractivity contribution is 4.35. The molecule has 0 unspecified atom stereocenters. The summed E-state index contributed by atoms with van der Waals surface area (Å²) in [4.78, 5) is 0. The Bertz CT molecular complexity index is 37.6. The first-order chi connectivity index (χ1) is 4.06. The summed E-state index contributed by atoms with van der Waals surface area (Å²) in [5.74, 6) is 0. The smallest absolute Gasteiger partial charge is 0.214 e. The topological polar surface area (TPSA) is 0 Å². The predicted octanol–water partition coefficient (Wildman–Crippen LogP) is 2.40. The van der Waals surface area contributed by atoms with Gasteiger partial charge in [0.25, 0.3) is 12.9 Å². The van der Waals surface area contributed by atoms with Gasteiger partial charge in [0.05, 0.1) is 0 Å². The molecule has 0 radical (unpaired) electrons. The maximum Gasteiger partial charge on any atom is 0.298 e. The molecular weight excluding hydrogens is 150 g/mol. The fourth-order valence-electron chi connectivity index (χ4n) is 0. The van der Waals surface area contributed by atoms with Crippen LogP contribution in [0.5, 0.6) is 0 Å². The standard InChI is InChI=1S/C2H2F4.CH2F2/c3-1(4)2(5)6;2-1-3/h1-2H;1H2. The zero-order valence-electron chi connectivity index (χ0n) is 4.13.